The van der Waals surface area contributed by atoms with Crippen LogP contribution < -0.4 is 9.47 Å². The first-order valence-electron chi connectivity index (χ1n) is 6.17. The first-order chi connectivity index (χ1) is 10.0. The van der Waals surface area contributed by atoms with Gasteiger partial charge in [0.25, 0.3) is 0 Å². The number of halogens is 1. The van der Waals surface area contributed by atoms with Crippen LogP contribution in [-0.4, -0.2) is 23.2 Å². The predicted molar refractivity (Wildman–Crippen MR) is 78.3 cm³/mol. The third kappa shape index (κ3) is 3.64. The van der Waals surface area contributed by atoms with Gasteiger partial charge in [0.2, 0.25) is 0 Å². The normalized spacial score (nSPS) is 10.2. The van der Waals surface area contributed by atoms with Gasteiger partial charge >= 0.3 is 5.97 Å². The smallest absolute Gasteiger partial charge is 0.341 e. The summed E-state index contributed by atoms with van der Waals surface area (Å²) in [6, 6.07) is 8.23. The van der Waals surface area contributed by atoms with E-state index in [1.807, 2.05) is 6.92 Å². The zero-order valence-electron chi connectivity index (χ0n) is 11.6. The zero-order valence-corrected chi connectivity index (χ0v) is 12.3. The minimum absolute atomic E-state index is 0.0567. The number of hydrogen-bond acceptors (Lipinski definition) is 4. The maximum atomic E-state index is 11.2. The van der Waals surface area contributed by atoms with Gasteiger partial charge in [-0.25, -0.2) is 4.79 Å². The summed E-state index contributed by atoms with van der Waals surface area (Å²) in [4.78, 5) is 15.5. The number of aromatic carboxylic acids is 1. The highest BCUT2D eigenvalue weighted by Crippen LogP contribution is 2.27. The van der Waals surface area contributed by atoms with Gasteiger partial charge in [-0.1, -0.05) is 17.7 Å². The Balaban J connectivity index is 2.23. The van der Waals surface area contributed by atoms with E-state index in [2.05, 4.69) is 4.98 Å². The summed E-state index contributed by atoms with van der Waals surface area (Å²) in [6.07, 6.45) is 0. The highest BCUT2D eigenvalue weighted by Gasteiger charge is 2.15. The molecule has 2 rings (SSSR count). The van der Waals surface area contributed by atoms with Gasteiger partial charge in [0, 0.05) is 17.8 Å². The van der Waals surface area contributed by atoms with Gasteiger partial charge in [-0.05, 0) is 19.1 Å². The Hall–Kier alpha value is -2.27. The number of rotatable bonds is 5. The summed E-state index contributed by atoms with van der Waals surface area (Å²) >= 11 is 5.88. The quantitative estimate of drug-likeness (QED) is 0.917. The Bertz CT molecular complexity index is 673. The number of benzene rings is 1. The van der Waals surface area contributed by atoms with Crippen LogP contribution in [-0.2, 0) is 6.61 Å². The fourth-order valence-corrected chi connectivity index (χ4v) is 2.13. The third-order valence-electron chi connectivity index (χ3n) is 2.78. The number of carboxylic acids is 1. The predicted octanol–water partition coefficient (Wildman–Crippen LogP) is 3.33. The van der Waals surface area contributed by atoms with E-state index in [-0.39, 0.29) is 22.9 Å². The van der Waals surface area contributed by atoms with Gasteiger partial charge in [0.05, 0.1) is 17.8 Å². The van der Waals surface area contributed by atoms with Crippen LogP contribution in [0.2, 0.25) is 5.02 Å². The number of pyridine rings is 1. The van der Waals surface area contributed by atoms with Crippen molar-refractivity contribution in [3.8, 4) is 11.5 Å². The number of nitrogens with zero attached hydrogens (tertiary/aromatic N) is 1. The van der Waals surface area contributed by atoms with Gasteiger partial charge in [0.15, 0.2) is 0 Å². The first kappa shape index (κ1) is 15.1. The number of hydrogen-bond donors (Lipinski definition) is 1. The van der Waals surface area contributed by atoms with Crippen LogP contribution in [0.4, 0.5) is 0 Å². The van der Waals surface area contributed by atoms with Gasteiger partial charge in [-0.15, -0.1) is 0 Å². The van der Waals surface area contributed by atoms with Gasteiger partial charge in [0.1, 0.15) is 23.7 Å². The van der Waals surface area contributed by atoms with Crippen molar-refractivity contribution in [2.45, 2.75) is 13.5 Å². The molecule has 2 aromatic rings. The Labute approximate surface area is 127 Å². The topological polar surface area (TPSA) is 68.7 Å². The minimum Gasteiger partial charge on any atom is -0.497 e. The SMILES string of the molecule is COc1cc(C)nc(COc2cccc(Cl)c2C(=O)O)c1. The summed E-state index contributed by atoms with van der Waals surface area (Å²) in [5, 5.41) is 9.30. The van der Waals surface area contributed by atoms with Crippen LogP contribution in [0.3, 0.4) is 0 Å². The number of carbonyl (C=O) groups is 1. The highest BCUT2D eigenvalue weighted by molar-refractivity contribution is 6.33. The van der Waals surface area contributed by atoms with Crippen molar-refractivity contribution < 1.29 is 19.4 Å². The lowest BCUT2D eigenvalue weighted by Gasteiger charge is -2.11. The minimum atomic E-state index is -1.13. The Morgan fingerprint density at radius 3 is 2.81 bits per heavy atom. The van der Waals surface area contributed by atoms with Crippen molar-refractivity contribution in [1.82, 2.24) is 4.98 Å². The summed E-state index contributed by atoms with van der Waals surface area (Å²) in [6.45, 7) is 1.97. The molecule has 21 heavy (non-hydrogen) atoms. The van der Waals surface area contributed by atoms with Crippen molar-refractivity contribution in [3.05, 3.63) is 52.3 Å². The molecule has 0 saturated carbocycles. The summed E-state index contributed by atoms with van der Waals surface area (Å²) in [7, 11) is 1.57. The fraction of sp³-hybridized carbons (Fsp3) is 0.200. The molecule has 6 heteroatoms. The molecular formula is C15H14ClNO4. The molecule has 1 aromatic heterocycles. The maximum absolute atomic E-state index is 11.2. The molecule has 1 heterocycles. The van der Waals surface area contributed by atoms with Crippen LogP contribution in [0.25, 0.3) is 0 Å². The molecule has 0 aliphatic heterocycles. The lowest BCUT2D eigenvalue weighted by molar-refractivity contribution is 0.0692. The third-order valence-corrected chi connectivity index (χ3v) is 3.10. The lowest BCUT2D eigenvalue weighted by atomic mass is 10.2. The van der Waals surface area contributed by atoms with Gasteiger partial charge in [-0.3, -0.25) is 4.98 Å². The number of aromatic nitrogens is 1. The summed E-state index contributed by atoms with van der Waals surface area (Å²) in [5.74, 6) is -0.256. The van der Waals surface area contributed by atoms with Crippen molar-refractivity contribution in [2.24, 2.45) is 0 Å². The van der Waals surface area contributed by atoms with Crippen LogP contribution >= 0.6 is 11.6 Å². The van der Waals surface area contributed by atoms with E-state index < -0.39 is 5.97 Å². The van der Waals surface area contributed by atoms with E-state index in [9.17, 15) is 4.79 Å². The van der Waals surface area contributed by atoms with E-state index >= 15 is 0 Å². The molecule has 1 N–H and O–H groups in total. The molecule has 0 aliphatic carbocycles. The molecule has 0 fully saturated rings. The average molecular weight is 308 g/mol. The van der Waals surface area contributed by atoms with Crippen molar-refractivity contribution in [3.63, 3.8) is 0 Å². The molecule has 5 nitrogen and oxygen atoms in total. The molecule has 0 radical (unpaired) electrons. The fourth-order valence-electron chi connectivity index (χ4n) is 1.88. The van der Waals surface area contributed by atoms with Gasteiger partial charge < -0.3 is 14.6 Å². The van der Waals surface area contributed by atoms with Crippen LogP contribution in [0.1, 0.15) is 21.7 Å². The summed E-state index contributed by atoms with van der Waals surface area (Å²) in [5.41, 5.74) is 1.37. The molecule has 0 unspecified atom stereocenters. The Morgan fingerprint density at radius 2 is 2.14 bits per heavy atom. The second kappa shape index (κ2) is 6.45. The first-order valence-corrected chi connectivity index (χ1v) is 6.55. The summed E-state index contributed by atoms with van der Waals surface area (Å²) < 4.78 is 10.7. The number of methoxy groups -OCH3 is 1. The highest BCUT2D eigenvalue weighted by atomic mass is 35.5. The second-order valence-electron chi connectivity index (χ2n) is 4.35. The van der Waals surface area contributed by atoms with Gasteiger partial charge in [-0.2, -0.15) is 0 Å². The molecule has 0 aliphatic rings. The van der Waals surface area contributed by atoms with E-state index in [1.54, 1.807) is 31.4 Å². The van der Waals surface area contributed by atoms with Crippen molar-refractivity contribution >= 4 is 17.6 Å². The molecule has 0 spiro atoms. The monoisotopic (exact) mass is 307 g/mol. The van der Waals surface area contributed by atoms with E-state index in [1.165, 1.54) is 6.07 Å². The number of ether oxygens (including phenoxy) is 2. The van der Waals surface area contributed by atoms with E-state index in [0.29, 0.717) is 11.4 Å². The van der Waals surface area contributed by atoms with E-state index in [0.717, 1.165) is 5.69 Å². The molecule has 0 amide bonds. The Morgan fingerprint density at radius 1 is 1.38 bits per heavy atom. The molecule has 0 saturated heterocycles. The maximum Gasteiger partial charge on any atom is 0.341 e. The van der Waals surface area contributed by atoms with Crippen molar-refractivity contribution in [1.29, 1.82) is 0 Å². The average Bonchev–Trinajstić information content (AvgIpc) is 2.44. The largest absolute Gasteiger partial charge is 0.497 e. The molecule has 0 atom stereocenters. The van der Waals surface area contributed by atoms with Crippen LogP contribution in [0.15, 0.2) is 30.3 Å². The molecule has 1 aromatic carbocycles. The number of aryl methyl sites for hydroxylation is 1. The van der Waals surface area contributed by atoms with Crippen LogP contribution in [0.5, 0.6) is 11.5 Å². The molecule has 110 valence electrons. The standard InChI is InChI=1S/C15H14ClNO4/c1-9-6-11(20-2)7-10(17-9)8-21-13-5-3-4-12(16)14(13)15(18)19/h3-7H,8H2,1-2H3,(H,18,19). The lowest BCUT2D eigenvalue weighted by Crippen LogP contribution is -2.05. The molecule has 0 bridgehead atoms. The van der Waals surface area contributed by atoms with Crippen molar-refractivity contribution in [2.75, 3.05) is 7.11 Å². The zero-order chi connectivity index (χ0) is 15.4. The molecular weight excluding hydrogens is 294 g/mol. The van der Waals surface area contributed by atoms with Crippen LogP contribution in [0, 0.1) is 6.92 Å². The Kier molecular flexibility index (Phi) is 4.65. The second-order valence-corrected chi connectivity index (χ2v) is 4.75. The van der Waals surface area contributed by atoms with E-state index in [4.69, 9.17) is 26.2 Å². The number of carboxylic acid groups (broad SMARTS) is 1.